The maximum absolute atomic E-state index is 12.1. The van der Waals surface area contributed by atoms with Gasteiger partial charge in [0.05, 0.1) is 6.07 Å². The minimum atomic E-state index is -4.79. The summed E-state index contributed by atoms with van der Waals surface area (Å²) in [6.45, 7) is 1.75. The lowest BCUT2D eigenvalue weighted by Crippen LogP contribution is -2.18. The van der Waals surface area contributed by atoms with Crippen molar-refractivity contribution in [1.29, 1.82) is 5.26 Å². The lowest BCUT2D eigenvalue weighted by Gasteiger charge is -2.12. The molecular weight excluding hydrogens is 259 g/mol. The van der Waals surface area contributed by atoms with E-state index in [1.807, 2.05) is 6.07 Å². The number of rotatable bonds is 5. The summed E-state index contributed by atoms with van der Waals surface area (Å²) in [5.74, 6) is -1.30. The molecule has 102 valence electrons. The second kappa shape index (κ2) is 6.23. The molecule has 1 aromatic carbocycles. The van der Waals surface area contributed by atoms with Gasteiger partial charge in [0.15, 0.2) is 5.78 Å². The summed E-state index contributed by atoms with van der Waals surface area (Å²) in [4.78, 5) is 12.0. The topological polar surface area (TPSA) is 50.1 Å². The molecule has 0 saturated carbocycles. The summed E-state index contributed by atoms with van der Waals surface area (Å²) in [5, 5.41) is 8.60. The van der Waals surface area contributed by atoms with Crippen LogP contribution in [0.15, 0.2) is 24.3 Å². The summed E-state index contributed by atoms with van der Waals surface area (Å²) in [6, 6.07) is 6.77. The molecule has 0 fully saturated rings. The van der Waals surface area contributed by atoms with Crippen LogP contribution >= 0.6 is 0 Å². The minimum absolute atomic E-state index is 0.0414. The number of nitrogens with zero attached hydrogens (tertiary/aromatic N) is 1. The average Bonchev–Trinajstić information content (AvgIpc) is 2.33. The molecule has 3 nitrogen and oxygen atoms in total. The van der Waals surface area contributed by atoms with Crippen molar-refractivity contribution in [3.63, 3.8) is 0 Å². The van der Waals surface area contributed by atoms with Gasteiger partial charge in [-0.05, 0) is 18.6 Å². The number of ketones is 1. The van der Waals surface area contributed by atoms with Crippen molar-refractivity contribution in [1.82, 2.24) is 0 Å². The molecule has 0 amide bonds. The molecule has 0 heterocycles. The predicted molar refractivity (Wildman–Crippen MR) is 61.5 cm³/mol. The predicted octanol–water partition coefficient (Wildman–Crippen LogP) is 3.71. The molecule has 1 atom stereocenters. The number of benzene rings is 1. The quantitative estimate of drug-likeness (QED) is 0.767. The van der Waals surface area contributed by atoms with E-state index in [1.165, 1.54) is 12.1 Å². The largest absolute Gasteiger partial charge is 0.573 e. The Morgan fingerprint density at radius 1 is 1.47 bits per heavy atom. The Morgan fingerprint density at radius 3 is 2.68 bits per heavy atom. The summed E-state index contributed by atoms with van der Waals surface area (Å²) in [6.07, 6.45) is -4.30. The van der Waals surface area contributed by atoms with Crippen molar-refractivity contribution >= 4 is 5.78 Å². The van der Waals surface area contributed by atoms with Crippen LogP contribution in [0.25, 0.3) is 0 Å². The SMILES string of the molecule is CCC(CC#N)C(=O)c1cccc(OC(F)(F)F)c1. The van der Waals surface area contributed by atoms with Crippen LogP contribution in [0, 0.1) is 17.2 Å². The van der Waals surface area contributed by atoms with Gasteiger partial charge in [-0.1, -0.05) is 19.1 Å². The summed E-state index contributed by atoms with van der Waals surface area (Å²) in [7, 11) is 0. The molecule has 0 bridgehead atoms. The first-order chi connectivity index (χ1) is 8.87. The lowest BCUT2D eigenvalue weighted by molar-refractivity contribution is -0.274. The van der Waals surface area contributed by atoms with Gasteiger partial charge in [-0.2, -0.15) is 5.26 Å². The number of hydrogen-bond donors (Lipinski definition) is 0. The van der Waals surface area contributed by atoms with E-state index >= 15 is 0 Å². The van der Waals surface area contributed by atoms with E-state index in [1.54, 1.807) is 6.92 Å². The molecule has 0 aromatic heterocycles. The Kier molecular flexibility index (Phi) is 4.93. The monoisotopic (exact) mass is 271 g/mol. The minimum Gasteiger partial charge on any atom is -0.406 e. The summed E-state index contributed by atoms with van der Waals surface area (Å²) in [5.41, 5.74) is 0.115. The van der Waals surface area contributed by atoms with E-state index in [9.17, 15) is 18.0 Å². The first-order valence-corrected chi connectivity index (χ1v) is 5.64. The first-order valence-electron chi connectivity index (χ1n) is 5.64. The zero-order valence-corrected chi connectivity index (χ0v) is 10.2. The standard InChI is InChI=1S/C13H12F3NO2/c1-2-9(6-7-17)12(18)10-4-3-5-11(8-10)19-13(14,15)16/h3-5,8-9H,2,6H2,1H3. The van der Waals surface area contributed by atoms with Gasteiger partial charge in [0.25, 0.3) is 0 Å². The number of hydrogen-bond acceptors (Lipinski definition) is 3. The molecule has 1 unspecified atom stereocenters. The fourth-order valence-corrected chi connectivity index (χ4v) is 1.61. The fourth-order valence-electron chi connectivity index (χ4n) is 1.61. The first kappa shape index (κ1) is 15.0. The van der Waals surface area contributed by atoms with E-state index in [4.69, 9.17) is 5.26 Å². The molecule has 0 aliphatic heterocycles. The van der Waals surface area contributed by atoms with E-state index in [0.29, 0.717) is 6.42 Å². The Labute approximate surface area is 108 Å². The third kappa shape index (κ3) is 4.62. The maximum Gasteiger partial charge on any atom is 0.573 e. The zero-order chi connectivity index (χ0) is 14.5. The Balaban J connectivity index is 2.93. The number of ether oxygens (including phenoxy) is 1. The maximum atomic E-state index is 12.1. The Morgan fingerprint density at radius 2 is 2.16 bits per heavy atom. The van der Waals surface area contributed by atoms with Gasteiger partial charge in [0, 0.05) is 17.9 Å². The molecule has 0 radical (unpaired) electrons. The molecule has 0 N–H and O–H groups in total. The summed E-state index contributed by atoms with van der Waals surface area (Å²) < 4.78 is 40.0. The Hall–Kier alpha value is -2.03. The van der Waals surface area contributed by atoms with Gasteiger partial charge in [0.1, 0.15) is 5.75 Å². The molecular formula is C13H12F3NO2. The third-order valence-electron chi connectivity index (χ3n) is 2.55. The van der Waals surface area contributed by atoms with Gasteiger partial charge < -0.3 is 4.74 Å². The van der Waals surface area contributed by atoms with Crippen LogP contribution in [0.5, 0.6) is 5.75 Å². The Bertz CT molecular complexity index is 491. The van der Waals surface area contributed by atoms with Crippen LogP contribution in [-0.2, 0) is 0 Å². The van der Waals surface area contributed by atoms with Crippen molar-refractivity contribution in [3.8, 4) is 11.8 Å². The fraction of sp³-hybridized carbons (Fsp3) is 0.385. The van der Waals surface area contributed by atoms with Crippen LogP contribution in [-0.4, -0.2) is 12.1 Å². The molecule has 19 heavy (non-hydrogen) atoms. The zero-order valence-electron chi connectivity index (χ0n) is 10.2. The van der Waals surface area contributed by atoms with Crippen molar-refractivity contribution in [2.45, 2.75) is 26.1 Å². The number of Topliss-reactive ketones (excluding diaryl/α,β-unsaturated/α-hetero) is 1. The average molecular weight is 271 g/mol. The number of halogens is 3. The van der Waals surface area contributed by atoms with Crippen LogP contribution in [0.2, 0.25) is 0 Å². The second-order valence-electron chi connectivity index (χ2n) is 3.91. The van der Waals surface area contributed by atoms with Crippen molar-refractivity contribution in [2.24, 2.45) is 5.92 Å². The highest BCUT2D eigenvalue weighted by molar-refractivity contribution is 5.98. The van der Waals surface area contributed by atoms with E-state index in [-0.39, 0.29) is 17.8 Å². The van der Waals surface area contributed by atoms with Gasteiger partial charge >= 0.3 is 6.36 Å². The van der Waals surface area contributed by atoms with Crippen molar-refractivity contribution in [3.05, 3.63) is 29.8 Å². The van der Waals surface area contributed by atoms with Gasteiger partial charge in [-0.25, -0.2) is 0 Å². The molecule has 1 rings (SSSR count). The highest BCUT2D eigenvalue weighted by atomic mass is 19.4. The normalized spacial score (nSPS) is 12.6. The smallest absolute Gasteiger partial charge is 0.406 e. The van der Waals surface area contributed by atoms with Crippen LogP contribution in [0.4, 0.5) is 13.2 Å². The molecule has 0 spiro atoms. The van der Waals surface area contributed by atoms with Gasteiger partial charge in [-0.3, -0.25) is 4.79 Å². The highest BCUT2D eigenvalue weighted by Gasteiger charge is 2.31. The number of nitriles is 1. The van der Waals surface area contributed by atoms with E-state index in [2.05, 4.69) is 4.74 Å². The lowest BCUT2D eigenvalue weighted by atomic mass is 9.93. The highest BCUT2D eigenvalue weighted by Crippen LogP contribution is 2.25. The van der Waals surface area contributed by atoms with Crippen LogP contribution in [0.1, 0.15) is 30.1 Å². The summed E-state index contributed by atoms with van der Waals surface area (Å²) >= 11 is 0. The number of carbonyl (C=O) groups excluding carboxylic acids is 1. The third-order valence-corrected chi connectivity index (χ3v) is 2.55. The second-order valence-corrected chi connectivity index (χ2v) is 3.91. The van der Waals surface area contributed by atoms with Gasteiger partial charge in [-0.15, -0.1) is 13.2 Å². The van der Waals surface area contributed by atoms with Crippen molar-refractivity contribution < 1.29 is 22.7 Å². The number of alkyl halides is 3. The molecule has 1 aromatic rings. The van der Waals surface area contributed by atoms with E-state index in [0.717, 1.165) is 12.1 Å². The molecule has 0 aliphatic rings. The molecule has 6 heteroatoms. The van der Waals surface area contributed by atoms with Crippen molar-refractivity contribution in [2.75, 3.05) is 0 Å². The van der Waals surface area contributed by atoms with Crippen LogP contribution in [0.3, 0.4) is 0 Å². The van der Waals surface area contributed by atoms with Gasteiger partial charge in [0.2, 0.25) is 0 Å². The van der Waals surface area contributed by atoms with E-state index < -0.39 is 18.0 Å². The van der Waals surface area contributed by atoms with Crippen LogP contribution < -0.4 is 4.74 Å². The molecule has 0 saturated heterocycles. The molecule has 0 aliphatic carbocycles. The number of carbonyl (C=O) groups is 1.